The van der Waals surface area contributed by atoms with Gasteiger partial charge in [-0.1, -0.05) is 57.4 Å². The van der Waals surface area contributed by atoms with Crippen LogP contribution in [0.25, 0.3) is 0 Å². The number of esters is 2. The summed E-state index contributed by atoms with van der Waals surface area (Å²) in [4.78, 5) is 84.9. The van der Waals surface area contributed by atoms with Crippen molar-refractivity contribution in [2.75, 3.05) is 54.2 Å². The highest BCUT2D eigenvalue weighted by Gasteiger charge is 2.57. The van der Waals surface area contributed by atoms with E-state index in [4.69, 9.17) is 47.4 Å². The van der Waals surface area contributed by atoms with Crippen molar-refractivity contribution in [1.82, 2.24) is 10.2 Å². The van der Waals surface area contributed by atoms with Gasteiger partial charge in [0.05, 0.1) is 44.1 Å². The first kappa shape index (κ1) is 77.8. The summed E-state index contributed by atoms with van der Waals surface area (Å²) < 4.78 is 58.4. The van der Waals surface area contributed by atoms with Gasteiger partial charge in [-0.05, 0) is 108 Å². The van der Waals surface area contributed by atoms with Crippen molar-refractivity contribution < 1.29 is 122 Å². The van der Waals surface area contributed by atoms with Crippen LogP contribution in [0.4, 0.5) is 0 Å². The van der Waals surface area contributed by atoms with Crippen molar-refractivity contribution in [2.24, 2.45) is 29.6 Å². The number of piperidine rings is 1. The minimum absolute atomic E-state index is 0.0156. The van der Waals surface area contributed by atoms with Crippen LogP contribution >= 0.6 is 0 Å². The number of amides is 2. The van der Waals surface area contributed by atoms with E-state index in [2.05, 4.69) is 11.9 Å². The summed E-state index contributed by atoms with van der Waals surface area (Å²) >= 11 is 0. The summed E-state index contributed by atoms with van der Waals surface area (Å²) in [5.74, 6) is -9.54. The van der Waals surface area contributed by atoms with Crippen molar-refractivity contribution >= 4 is 35.3 Å². The van der Waals surface area contributed by atoms with Gasteiger partial charge in [0.2, 0.25) is 11.7 Å². The second-order valence-corrected chi connectivity index (χ2v) is 26.4. The SMILES string of the molecule is C=CC[C@@H]1/C=C(\C)C[C@@H](C)C[C@H](OC)[C@H]2O[C@@](O)(C(=O)C(=O)N3CCCCC3C(=O)O[C@H](/C(C)=C/C3CCC(OC(=O)CCC(=O)NCCCCCCOC4OC(CO)C(OC5OC(CO)C(O)C(O)C5O)C(O)C4O)[C@H](OC)C3)[C@H](C)[C@H](O)CC1=O)[C@H](C)CC2OC. The summed E-state index contributed by atoms with van der Waals surface area (Å²) in [6, 6.07) is -1.24. The van der Waals surface area contributed by atoms with Gasteiger partial charge >= 0.3 is 11.9 Å². The maximum atomic E-state index is 14.7. The smallest absolute Gasteiger partial charge is 0.329 e. The number of carbonyl (C=O) groups is 6. The Balaban J connectivity index is 1.02. The fourth-order valence-corrected chi connectivity index (χ4v) is 13.8. The Morgan fingerprint density at radius 1 is 0.774 bits per heavy atom. The molecular formula is C66H106N2O25. The molecule has 5 heterocycles. The minimum Gasteiger partial charge on any atom is -0.460 e. The molecule has 14 unspecified atom stereocenters. The monoisotopic (exact) mass is 1330 g/mol. The molecule has 10 N–H and O–H groups in total. The summed E-state index contributed by atoms with van der Waals surface area (Å²) in [5, 5.41) is 98.7. The molecule has 5 aliphatic heterocycles. The molecule has 27 nitrogen and oxygen atoms in total. The largest absolute Gasteiger partial charge is 0.460 e. The number of nitrogens with one attached hydrogen (secondary N) is 1. The van der Waals surface area contributed by atoms with Crippen LogP contribution in [0.15, 0.2) is 36.0 Å². The lowest BCUT2D eigenvalue weighted by Crippen LogP contribution is -2.64. The number of methoxy groups -OCH3 is 3. The molecule has 2 bridgehead atoms. The minimum atomic E-state index is -2.58. The second kappa shape index (κ2) is 36.9. The van der Waals surface area contributed by atoms with Gasteiger partial charge in [0.1, 0.15) is 79.0 Å². The molecule has 93 heavy (non-hydrogen) atoms. The van der Waals surface area contributed by atoms with E-state index in [0.717, 1.165) is 10.5 Å². The number of rotatable bonds is 23. The number of hydrogen-bond acceptors (Lipinski definition) is 25. The van der Waals surface area contributed by atoms with Crippen molar-refractivity contribution in [1.29, 1.82) is 0 Å². The number of aliphatic hydroxyl groups excluding tert-OH is 8. The highest BCUT2D eigenvalue weighted by atomic mass is 16.7. The van der Waals surface area contributed by atoms with Gasteiger partial charge in [-0.25, -0.2) is 4.79 Å². The molecule has 0 aromatic carbocycles. The third-order valence-corrected chi connectivity index (χ3v) is 19.3. The Morgan fingerprint density at radius 3 is 2.12 bits per heavy atom. The average molecular weight is 1330 g/mol. The molecule has 2 amide bonds. The molecule has 24 atom stereocenters. The van der Waals surface area contributed by atoms with E-state index in [0.29, 0.717) is 89.2 Å². The molecule has 0 spiro atoms. The lowest BCUT2D eigenvalue weighted by atomic mass is 9.81. The summed E-state index contributed by atoms with van der Waals surface area (Å²) in [6.07, 6.45) is -10.3. The molecule has 0 aromatic heterocycles. The first-order chi connectivity index (χ1) is 44.2. The molecule has 1 aliphatic carbocycles. The van der Waals surface area contributed by atoms with Crippen LogP contribution in [0.2, 0.25) is 0 Å². The number of allylic oxidation sites excluding steroid dienone is 4. The fraction of sp³-hybridized carbons (Fsp3) is 0.818. The van der Waals surface area contributed by atoms with Gasteiger partial charge in [-0.2, -0.15) is 0 Å². The van der Waals surface area contributed by atoms with E-state index in [9.17, 15) is 74.7 Å². The van der Waals surface area contributed by atoms with Gasteiger partial charge in [-0.15, -0.1) is 6.58 Å². The predicted octanol–water partition coefficient (Wildman–Crippen LogP) is 1.29. The molecule has 1 saturated carbocycles. The highest BCUT2D eigenvalue weighted by Crippen LogP contribution is 2.40. The standard InChI is InChI=1S/C66H106N2O25/c1-10-17-41-27-35(2)26-36(3)28-47(85-8)59-48(86-9)30-38(5)66(83,93-59)61(80)62(81)68-24-15-13-18-42(68)63(82)91-58(39(6)43(71)32-44(41)72)37(4)29-40-19-20-45(46(31-40)84-7)88-52(74)22-21-51(73)67-23-14-11-12-16-25-87-64-57(79)55(77)60(50(34-70)90-64)92-65-56(78)54(76)53(75)49(33-69)89-65/h10,27,29,36,38-43,45-50,53-60,64-65,69-71,75-79,83H,1,11-26,28,30-34H2,2-9H3,(H,67,73)/b35-27+,37-29+/t36-,38-,39-,40?,41-,42?,43-,45?,46-,47+,48?,49?,50?,53?,54?,55?,56?,57?,58-,59-,60?,64?,65?,66-/m1/s1. The Morgan fingerprint density at radius 2 is 1.44 bits per heavy atom. The molecule has 4 saturated heterocycles. The van der Waals surface area contributed by atoms with Crippen molar-refractivity contribution in [3.63, 3.8) is 0 Å². The Bertz CT molecular complexity index is 2500. The zero-order valence-corrected chi connectivity index (χ0v) is 55.3. The van der Waals surface area contributed by atoms with Crippen LogP contribution < -0.4 is 5.32 Å². The molecule has 0 radical (unpaired) electrons. The fourth-order valence-electron chi connectivity index (χ4n) is 13.8. The Labute approximate surface area is 545 Å². The molecule has 27 heteroatoms. The number of unbranched alkanes of at least 4 members (excludes halogenated alkanes) is 3. The van der Waals surface area contributed by atoms with Crippen molar-refractivity contribution in [3.8, 4) is 0 Å². The van der Waals surface area contributed by atoms with Crippen LogP contribution in [0, 0.1) is 29.6 Å². The molecule has 530 valence electrons. The lowest BCUT2D eigenvalue weighted by Gasteiger charge is -2.47. The molecule has 0 aromatic rings. The van der Waals surface area contributed by atoms with E-state index in [-0.39, 0.29) is 68.8 Å². The van der Waals surface area contributed by atoms with Gasteiger partial charge in [0.15, 0.2) is 12.6 Å². The number of fused-ring (bicyclic) bond motifs is 3. The number of hydrogen-bond donors (Lipinski definition) is 10. The van der Waals surface area contributed by atoms with E-state index >= 15 is 0 Å². The first-order valence-corrected chi connectivity index (χ1v) is 33.1. The zero-order chi connectivity index (χ0) is 68.4. The quantitative estimate of drug-likeness (QED) is 0.0298. The molecular weight excluding hydrogens is 1220 g/mol. The highest BCUT2D eigenvalue weighted by molar-refractivity contribution is 6.39. The van der Waals surface area contributed by atoms with Crippen molar-refractivity contribution in [3.05, 3.63) is 36.0 Å². The van der Waals surface area contributed by atoms with Gasteiger partial charge in [0.25, 0.3) is 11.7 Å². The normalized spacial score (nSPS) is 39.6. The predicted molar refractivity (Wildman–Crippen MR) is 330 cm³/mol. The van der Waals surface area contributed by atoms with Crippen LogP contribution in [0.5, 0.6) is 0 Å². The van der Waals surface area contributed by atoms with E-state index in [1.54, 1.807) is 26.8 Å². The Kier molecular flexibility index (Phi) is 30.9. The number of ether oxygens (including phenoxy) is 10. The number of ketones is 2. The summed E-state index contributed by atoms with van der Waals surface area (Å²) in [6.45, 7) is 11.9. The Hall–Kier alpha value is -4.24. The zero-order valence-electron chi connectivity index (χ0n) is 55.3. The van der Waals surface area contributed by atoms with E-state index in [1.165, 1.54) is 21.3 Å². The van der Waals surface area contributed by atoms with Crippen LogP contribution in [-0.4, -0.2) is 256 Å². The van der Waals surface area contributed by atoms with Gasteiger partial charge in [-0.3, -0.25) is 24.0 Å². The summed E-state index contributed by atoms with van der Waals surface area (Å²) in [7, 11) is 4.51. The third kappa shape index (κ3) is 20.4. The second-order valence-electron chi connectivity index (χ2n) is 26.4. The number of Topliss-reactive ketones (excluding diaryl/α,β-unsaturated/α-hetero) is 2. The first-order valence-electron chi connectivity index (χ1n) is 33.1. The molecule has 6 rings (SSSR count). The van der Waals surface area contributed by atoms with E-state index < -0.39 is 171 Å². The van der Waals surface area contributed by atoms with Crippen LogP contribution in [0.1, 0.15) is 144 Å². The van der Waals surface area contributed by atoms with Crippen LogP contribution in [-0.2, 0) is 76.1 Å². The maximum Gasteiger partial charge on any atom is 0.329 e. The molecule has 6 aliphatic rings. The number of aliphatic hydroxyl groups is 9. The van der Waals surface area contributed by atoms with Gasteiger partial charge in [0, 0.05) is 71.6 Å². The van der Waals surface area contributed by atoms with E-state index in [1.807, 2.05) is 26.0 Å². The van der Waals surface area contributed by atoms with Gasteiger partial charge < -0.3 is 104 Å². The summed E-state index contributed by atoms with van der Waals surface area (Å²) in [5.41, 5.74) is 1.45. The number of nitrogens with zero attached hydrogens (tertiary/aromatic N) is 1. The number of carbonyl (C=O) groups excluding carboxylic acids is 6. The van der Waals surface area contributed by atoms with Crippen LogP contribution in [0.3, 0.4) is 0 Å². The lowest BCUT2D eigenvalue weighted by molar-refractivity contribution is -0.359. The third-order valence-electron chi connectivity index (χ3n) is 19.3. The molecule has 5 fully saturated rings. The van der Waals surface area contributed by atoms with Crippen molar-refractivity contribution in [2.45, 2.75) is 260 Å². The number of cyclic esters (lactones) is 1. The maximum absolute atomic E-state index is 14.7. The average Bonchev–Trinajstić information content (AvgIpc) is 1.05. The topological polar surface area (TPSA) is 392 Å².